The van der Waals surface area contributed by atoms with Crippen molar-refractivity contribution >= 4 is 39.7 Å². The third-order valence-electron chi connectivity index (χ3n) is 3.45. The zero-order valence-corrected chi connectivity index (χ0v) is 15.9. The second-order valence-corrected chi connectivity index (χ2v) is 6.67. The van der Waals surface area contributed by atoms with E-state index in [-0.39, 0.29) is 12.5 Å². The zero-order valence-electron chi connectivity index (χ0n) is 13.6. The molecule has 0 radical (unpaired) electrons. The lowest BCUT2D eigenvalue weighted by Crippen LogP contribution is -2.24. The van der Waals surface area contributed by atoms with Crippen LogP contribution in [0.2, 0.25) is 5.02 Å². The fourth-order valence-electron chi connectivity index (χ4n) is 2.22. The number of amides is 1. The van der Waals surface area contributed by atoms with E-state index in [1.807, 2.05) is 47.2 Å². The summed E-state index contributed by atoms with van der Waals surface area (Å²) < 4.78 is 8.34. The van der Waals surface area contributed by atoms with Gasteiger partial charge in [-0.2, -0.15) is 5.10 Å². The van der Waals surface area contributed by atoms with Gasteiger partial charge in [0.05, 0.1) is 11.9 Å². The molecule has 0 aliphatic rings. The highest BCUT2D eigenvalue weighted by Crippen LogP contribution is 2.16. The Hall–Kier alpha value is -2.57. The lowest BCUT2D eigenvalue weighted by atomic mass is 10.3. The van der Waals surface area contributed by atoms with Crippen LogP contribution < -0.4 is 10.2 Å². The number of benzene rings is 2. The first-order valence-corrected chi connectivity index (χ1v) is 8.92. The Bertz CT molecular complexity index is 905. The van der Waals surface area contributed by atoms with E-state index in [4.69, 9.17) is 16.3 Å². The van der Waals surface area contributed by atoms with Crippen LogP contribution in [0.15, 0.2) is 76.4 Å². The predicted molar refractivity (Wildman–Crippen MR) is 106 cm³/mol. The van der Waals surface area contributed by atoms with Crippen molar-refractivity contribution in [2.75, 3.05) is 6.61 Å². The molecule has 0 bridgehead atoms. The van der Waals surface area contributed by atoms with Crippen LogP contribution in [-0.2, 0) is 4.79 Å². The topological polar surface area (TPSA) is 55.6 Å². The molecule has 0 unspecified atom stereocenters. The maximum absolute atomic E-state index is 11.8. The summed E-state index contributed by atoms with van der Waals surface area (Å²) in [5.41, 5.74) is 4.29. The molecule has 2 aromatic carbocycles. The molecular formula is C19H15BrClN3O2. The molecule has 1 amide bonds. The molecule has 0 aliphatic carbocycles. The van der Waals surface area contributed by atoms with Gasteiger partial charge in [-0.15, -0.1) is 0 Å². The van der Waals surface area contributed by atoms with Gasteiger partial charge >= 0.3 is 0 Å². The van der Waals surface area contributed by atoms with Crippen LogP contribution in [0.1, 0.15) is 5.69 Å². The molecule has 1 aromatic heterocycles. The Morgan fingerprint density at radius 2 is 1.88 bits per heavy atom. The largest absolute Gasteiger partial charge is 0.484 e. The number of carbonyl (C=O) groups excluding carboxylic acids is 1. The van der Waals surface area contributed by atoms with Crippen LogP contribution in [0.5, 0.6) is 5.75 Å². The van der Waals surface area contributed by atoms with Gasteiger partial charge in [0.25, 0.3) is 5.91 Å². The maximum atomic E-state index is 11.8. The number of carbonyl (C=O) groups is 1. The van der Waals surface area contributed by atoms with Gasteiger partial charge in [0.15, 0.2) is 6.61 Å². The Morgan fingerprint density at radius 3 is 2.62 bits per heavy atom. The van der Waals surface area contributed by atoms with E-state index in [0.29, 0.717) is 10.8 Å². The number of hydrazone groups is 1. The maximum Gasteiger partial charge on any atom is 0.277 e. The van der Waals surface area contributed by atoms with Crippen LogP contribution in [0.25, 0.3) is 5.69 Å². The van der Waals surface area contributed by atoms with E-state index in [1.165, 1.54) is 0 Å². The van der Waals surface area contributed by atoms with E-state index in [1.54, 1.807) is 30.5 Å². The Labute approximate surface area is 164 Å². The van der Waals surface area contributed by atoms with Crippen molar-refractivity contribution in [3.63, 3.8) is 0 Å². The molecule has 0 fully saturated rings. The fraction of sp³-hybridized carbons (Fsp3) is 0.0526. The molecule has 0 spiro atoms. The van der Waals surface area contributed by atoms with Crippen LogP contribution in [-0.4, -0.2) is 23.3 Å². The van der Waals surface area contributed by atoms with Crippen LogP contribution in [0, 0.1) is 0 Å². The smallest absolute Gasteiger partial charge is 0.277 e. The van der Waals surface area contributed by atoms with Gasteiger partial charge in [0.1, 0.15) is 5.75 Å². The monoisotopic (exact) mass is 431 g/mol. The summed E-state index contributed by atoms with van der Waals surface area (Å²) in [7, 11) is 0. The van der Waals surface area contributed by atoms with E-state index < -0.39 is 0 Å². The van der Waals surface area contributed by atoms with Crippen molar-refractivity contribution in [3.05, 3.63) is 82.0 Å². The molecule has 0 saturated carbocycles. The molecule has 1 N–H and O–H groups in total. The summed E-state index contributed by atoms with van der Waals surface area (Å²) >= 11 is 9.22. The van der Waals surface area contributed by atoms with Crippen molar-refractivity contribution in [2.45, 2.75) is 0 Å². The summed E-state index contributed by atoms with van der Waals surface area (Å²) in [6.07, 6.45) is 3.51. The van der Waals surface area contributed by atoms with E-state index in [0.717, 1.165) is 15.9 Å². The summed E-state index contributed by atoms with van der Waals surface area (Å²) in [5, 5.41) is 4.60. The SMILES string of the molecule is O=C(COc1ccc(Cl)cc1)N/N=C\c1cccn1-c1ccc(Br)cc1. The molecule has 26 heavy (non-hydrogen) atoms. The molecule has 0 atom stereocenters. The molecular weight excluding hydrogens is 418 g/mol. The molecule has 1 heterocycles. The minimum Gasteiger partial charge on any atom is -0.484 e. The first-order chi connectivity index (χ1) is 12.6. The molecule has 132 valence electrons. The predicted octanol–water partition coefficient (Wildman–Crippen LogP) is 4.42. The third-order valence-corrected chi connectivity index (χ3v) is 4.24. The molecule has 7 heteroatoms. The quantitative estimate of drug-likeness (QED) is 0.463. The summed E-state index contributed by atoms with van der Waals surface area (Å²) in [4.78, 5) is 11.8. The lowest BCUT2D eigenvalue weighted by molar-refractivity contribution is -0.123. The van der Waals surface area contributed by atoms with Gasteiger partial charge in [-0.3, -0.25) is 4.79 Å². The van der Waals surface area contributed by atoms with E-state index >= 15 is 0 Å². The zero-order chi connectivity index (χ0) is 18.4. The second-order valence-electron chi connectivity index (χ2n) is 5.32. The molecule has 3 rings (SSSR count). The first kappa shape index (κ1) is 18.2. The highest BCUT2D eigenvalue weighted by molar-refractivity contribution is 9.10. The summed E-state index contributed by atoms with van der Waals surface area (Å²) in [5.74, 6) is 0.218. The summed E-state index contributed by atoms with van der Waals surface area (Å²) in [6.45, 7) is -0.132. The van der Waals surface area contributed by atoms with Crippen molar-refractivity contribution in [3.8, 4) is 11.4 Å². The highest BCUT2D eigenvalue weighted by Gasteiger charge is 2.03. The van der Waals surface area contributed by atoms with Crippen molar-refractivity contribution in [2.24, 2.45) is 5.10 Å². The number of hydrogen-bond acceptors (Lipinski definition) is 3. The highest BCUT2D eigenvalue weighted by atomic mass is 79.9. The third kappa shape index (κ3) is 4.97. The number of halogens is 2. The average Bonchev–Trinajstić information content (AvgIpc) is 3.10. The Balaban J connectivity index is 1.55. The minimum absolute atomic E-state index is 0.132. The molecule has 0 saturated heterocycles. The molecule has 3 aromatic rings. The number of nitrogens with one attached hydrogen (secondary N) is 1. The Kier molecular flexibility index (Phi) is 6.09. The van der Waals surface area contributed by atoms with Crippen molar-refractivity contribution in [1.82, 2.24) is 9.99 Å². The number of ether oxygens (including phenoxy) is 1. The van der Waals surface area contributed by atoms with Crippen molar-refractivity contribution in [1.29, 1.82) is 0 Å². The van der Waals surface area contributed by atoms with Crippen LogP contribution in [0.3, 0.4) is 0 Å². The van der Waals surface area contributed by atoms with E-state index in [9.17, 15) is 4.79 Å². The van der Waals surface area contributed by atoms with Crippen LogP contribution >= 0.6 is 27.5 Å². The fourth-order valence-corrected chi connectivity index (χ4v) is 2.61. The van der Waals surface area contributed by atoms with Gasteiger partial charge in [0.2, 0.25) is 0 Å². The standard InChI is InChI=1S/C19H15BrClN3O2/c20-14-3-7-16(8-4-14)24-11-1-2-17(24)12-22-23-19(25)13-26-18-9-5-15(21)6-10-18/h1-12H,13H2,(H,23,25)/b22-12-. The first-order valence-electron chi connectivity index (χ1n) is 7.75. The average molecular weight is 433 g/mol. The van der Waals surface area contributed by atoms with Crippen LogP contribution in [0.4, 0.5) is 0 Å². The number of hydrogen-bond donors (Lipinski definition) is 1. The number of nitrogens with zero attached hydrogens (tertiary/aromatic N) is 2. The molecule has 5 nitrogen and oxygen atoms in total. The van der Waals surface area contributed by atoms with Crippen molar-refractivity contribution < 1.29 is 9.53 Å². The minimum atomic E-state index is -0.349. The van der Waals surface area contributed by atoms with Gasteiger partial charge < -0.3 is 9.30 Å². The van der Waals surface area contributed by atoms with Gasteiger partial charge in [-0.25, -0.2) is 5.43 Å². The number of rotatable bonds is 6. The Morgan fingerprint density at radius 1 is 1.15 bits per heavy atom. The number of aromatic nitrogens is 1. The van der Waals surface area contributed by atoms with Gasteiger partial charge in [0, 0.05) is 21.4 Å². The van der Waals surface area contributed by atoms with E-state index in [2.05, 4.69) is 26.5 Å². The van der Waals surface area contributed by atoms with Gasteiger partial charge in [-0.1, -0.05) is 27.5 Å². The summed E-state index contributed by atoms with van der Waals surface area (Å²) in [6, 6.07) is 18.5. The second kappa shape index (κ2) is 8.69. The lowest BCUT2D eigenvalue weighted by Gasteiger charge is -2.07. The van der Waals surface area contributed by atoms with Gasteiger partial charge in [-0.05, 0) is 60.7 Å². The normalized spacial score (nSPS) is 10.8. The molecule has 0 aliphatic heterocycles.